The van der Waals surface area contributed by atoms with Crippen LogP contribution in [0.25, 0.3) is 0 Å². The van der Waals surface area contributed by atoms with E-state index in [0.29, 0.717) is 19.5 Å². The van der Waals surface area contributed by atoms with Crippen molar-refractivity contribution < 1.29 is 19.1 Å². The Labute approximate surface area is 178 Å². The number of carbonyl (C=O) groups is 2. The van der Waals surface area contributed by atoms with Crippen molar-refractivity contribution in [2.24, 2.45) is 0 Å². The van der Waals surface area contributed by atoms with Gasteiger partial charge in [-0.3, -0.25) is 9.59 Å². The number of aryl methyl sites for hydroxylation is 1. The quantitative estimate of drug-likeness (QED) is 0.727. The van der Waals surface area contributed by atoms with Crippen LogP contribution in [0.4, 0.5) is 0 Å². The van der Waals surface area contributed by atoms with E-state index in [1.807, 2.05) is 53.4 Å². The van der Waals surface area contributed by atoms with Crippen LogP contribution in [0.3, 0.4) is 0 Å². The van der Waals surface area contributed by atoms with E-state index >= 15 is 0 Å². The summed E-state index contributed by atoms with van der Waals surface area (Å²) in [7, 11) is 1.62. The zero-order valence-corrected chi connectivity index (χ0v) is 17.7. The minimum absolute atomic E-state index is 0.00412. The number of para-hydroxylation sites is 1. The molecule has 1 saturated heterocycles. The first-order valence-electron chi connectivity index (χ1n) is 10.5. The number of amides is 2. The predicted octanol–water partition coefficient (Wildman–Crippen LogP) is 2.99. The Morgan fingerprint density at radius 2 is 1.77 bits per heavy atom. The SMILES string of the molecule is CCc1ccccc1OCC(=O)N1CCC(NC(=O)Cc2ccc(OC)cc2)CC1. The highest BCUT2D eigenvalue weighted by atomic mass is 16.5. The predicted molar refractivity (Wildman–Crippen MR) is 116 cm³/mol. The Kier molecular flexibility index (Phi) is 7.71. The van der Waals surface area contributed by atoms with Gasteiger partial charge in [0.15, 0.2) is 6.61 Å². The summed E-state index contributed by atoms with van der Waals surface area (Å²) in [6, 6.07) is 15.4. The number of hydrogen-bond acceptors (Lipinski definition) is 4. The van der Waals surface area contributed by atoms with Crippen molar-refractivity contribution in [2.45, 2.75) is 38.6 Å². The Morgan fingerprint density at radius 3 is 2.43 bits per heavy atom. The van der Waals surface area contributed by atoms with E-state index < -0.39 is 0 Å². The minimum Gasteiger partial charge on any atom is -0.497 e. The van der Waals surface area contributed by atoms with Gasteiger partial charge in [-0.05, 0) is 48.6 Å². The van der Waals surface area contributed by atoms with Crippen molar-refractivity contribution >= 4 is 11.8 Å². The summed E-state index contributed by atoms with van der Waals surface area (Å²) < 4.78 is 10.9. The number of nitrogens with one attached hydrogen (secondary N) is 1. The lowest BCUT2D eigenvalue weighted by molar-refractivity contribution is -0.134. The summed E-state index contributed by atoms with van der Waals surface area (Å²) in [6.45, 7) is 3.37. The third-order valence-electron chi connectivity index (χ3n) is 5.44. The van der Waals surface area contributed by atoms with Gasteiger partial charge in [0.05, 0.1) is 13.5 Å². The molecule has 0 unspecified atom stereocenters. The number of nitrogens with zero attached hydrogens (tertiary/aromatic N) is 1. The average Bonchev–Trinajstić information content (AvgIpc) is 2.78. The molecule has 3 rings (SSSR count). The maximum Gasteiger partial charge on any atom is 0.260 e. The molecule has 1 N–H and O–H groups in total. The van der Waals surface area contributed by atoms with Crippen LogP contribution < -0.4 is 14.8 Å². The Balaban J connectivity index is 1.40. The zero-order valence-electron chi connectivity index (χ0n) is 17.7. The number of methoxy groups -OCH3 is 1. The molecule has 160 valence electrons. The fourth-order valence-electron chi connectivity index (χ4n) is 3.65. The molecule has 2 aromatic carbocycles. The van der Waals surface area contributed by atoms with E-state index in [4.69, 9.17) is 9.47 Å². The van der Waals surface area contributed by atoms with Crippen LogP contribution in [0.5, 0.6) is 11.5 Å². The van der Waals surface area contributed by atoms with Gasteiger partial charge in [-0.15, -0.1) is 0 Å². The van der Waals surface area contributed by atoms with Gasteiger partial charge in [-0.1, -0.05) is 37.3 Å². The molecule has 1 heterocycles. The molecule has 6 nitrogen and oxygen atoms in total. The third-order valence-corrected chi connectivity index (χ3v) is 5.44. The standard InChI is InChI=1S/C24H30N2O4/c1-3-19-6-4-5-7-22(19)30-17-24(28)26-14-12-20(13-15-26)25-23(27)16-18-8-10-21(29-2)11-9-18/h4-11,20H,3,12-17H2,1-2H3,(H,25,27). The maximum absolute atomic E-state index is 12.5. The number of benzene rings is 2. The van der Waals surface area contributed by atoms with E-state index in [1.54, 1.807) is 7.11 Å². The lowest BCUT2D eigenvalue weighted by atomic mass is 10.0. The van der Waals surface area contributed by atoms with Crippen molar-refractivity contribution in [3.05, 3.63) is 59.7 Å². The topological polar surface area (TPSA) is 67.9 Å². The molecule has 0 bridgehead atoms. The third kappa shape index (κ3) is 5.99. The highest BCUT2D eigenvalue weighted by Crippen LogP contribution is 2.19. The van der Waals surface area contributed by atoms with Gasteiger partial charge >= 0.3 is 0 Å². The molecular weight excluding hydrogens is 380 g/mol. The van der Waals surface area contributed by atoms with E-state index in [9.17, 15) is 9.59 Å². The lowest BCUT2D eigenvalue weighted by Gasteiger charge is -2.32. The van der Waals surface area contributed by atoms with Gasteiger partial charge in [0, 0.05) is 19.1 Å². The van der Waals surface area contributed by atoms with Crippen LogP contribution >= 0.6 is 0 Å². The summed E-state index contributed by atoms with van der Waals surface area (Å²) >= 11 is 0. The Bertz CT molecular complexity index is 843. The van der Waals surface area contributed by atoms with Crippen molar-refractivity contribution in [2.75, 3.05) is 26.8 Å². The van der Waals surface area contributed by atoms with Gasteiger partial charge < -0.3 is 19.7 Å². The summed E-state index contributed by atoms with van der Waals surface area (Å²) in [4.78, 5) is 26.6. The number of carbonyl (C=O) groups excluding carboxylic acids is 2. The lowest BCUT2D eigenvalue weighted by Crippen LogP contribution is -2.48. The van der Waals surface area contributed by atoms with Crippen molar-refractivity contribution in [3.8, 4) is 11.5 Å². The molecule has 0 spiro atoms. The summed E-state index contributed by atoms with van der Waals surface area (Å²) in [6.07, 6.45) is 2.72. The largest absolute Gasteiger partial charge is 0.497 e. The molecule has 0 aromatic heterocycles. The van der Waals surface area contributed by atoms with Gasteiger partial charge in [-0.25, -0.2) is 0 Å². The highest BCUT2D eigenvalue weighted by Gasteiger charge is 2.24. The van der Waals surface area contributed by atoms with E-state index in [2.05, 4.69) is 12.2 Å². The first-order valence-corrected chi connectivity index (χ1v) is 10.5. The summed E-state index contributed by atoms with van der Waals surface area (Å²) in [5.74, 6) is 1.54. The fourth-order valence-corrected chi connectivity index (χ4v) is 3.65. The van der Waals surface area contributed by atoms with Gasteiger partial charge in [0.25, 0.3) is 5.91 Å². The number of ether oxygens (including phenoxy) is 2. The molecule has 30 heavy (non-hydrogen) atoms. The molecule has 1 aliphatic heterocycles. The zero-order chi connectivity index (χ0) is 21.3. The Morgan fingerprint density at radius 1 is 1.07 bits per heavy atom. The number of rotatable bonds is 8. The van der Waals surface area contributed by atoms with Crippen LogP contribution in [-0.2, 0) is 22.4 Å². The van der Waals surface area contributed by atoms with Gasteiger partial charge in [0.1, 0.15) is 11.5 Å². The molecular formula is C24H30N2O4. The van der Waals surface area contributed by atoms with Crippen molar-refractivity contribution in [1.29, 1.82) is 0 Å². The molecule has 0 radical (unpaired) electrons. The molecule has 0 aliphatic carbocycles. The van der Waals surface area contributed by atoms with Crippen LogP contribution in [0.15, 0.2) is 48.5 Å². The number of piperidine rings is 1. The smallest absolute Gasteiger partial charge is 0.260 e. The van der Waals surface area contributed by atoms with Crippen molar-refractivity contribution in [1.82, 2.24) is 10.2 Å². The van der Waals surface area contributed by atoms with E-state index in [0.717, 1.165) is 41.9 Å². The molecule has 2 aromatic rings. The molecule has 2 amide bonds. The Hall–Kier alpha value is -3.02. The van der Waals surface area contributed by atoms with Crippen molar-refractivity contribution in [3.63, 3.8) is 0 Å². The maximum atomic E-state index is 12.5. The average molecular weight is 411 g/mol. The summed E-state index contributed by atoms with van der Waals surface area (Å²) in [5, 5.41) is 3.09. The second kappa shape index (κ2) is 10.7. The molecule has 1 aliphatic rings. The molecule has 6 heteroatoms. The van der Waals surface area contributed by atoms with Crippen LogP contribution in [0, 0.1) is 0 Å². The summed E-state index contributed by atoms with van der Waals surface area (Å²) in [5.41, 5.74) is 2.05. The number of hydrogen-bond donors (Lipinski definition) is 1. The normalized spacial score (nSPS) is 14.3. The molecule has 1 fully saturated rings. The van der Waals surface area contributed by atoms with Crippen LogP contribution in [0.1, 0.15) is 30.9 Å². The van der Waals surface area contributed by atoms with Gasteiger partial charge in [0.2, 0.25) is 5.91 Å². The minimum atomic E-state index is -0.0103. The highest BCUT2D eigenvalue weighted by molar-refractivity contribution is 5.79. The number of likely N-dealkylation sites (tertiary alicyclic amines) is 1. The van der Waals surface area contributed by atoms with Gasteiger partial charge in [-0.2, -0.15) is 0 Å². The fraction of sp³-hybridized carbons (Fsp3) is 0.417. The van der Waals surface area contributed by atoms with E-state index in [-0.39, 0.29) is 24.5 Å². The first-order chi connectivity index (χ1) is 14.6. The monoisotopic (exact) mass is 410 g/mol. The first kappa shape index (κ1) is 21.7. The second-order valence-corrected chi connectivity index (χ2v) is 7.50. The molecule has 0 atom stereocenters. The molecule has 0 saturated carbocycles. The second-order valence-electron chi connectivity index (χ2n) is 7.50. The van der Waals surface area contributed by atoms with Crippen LogP contribution in [0.2, 0.25) is 0 Å². The van der Waals surface area contributed by atoms with E-state index in [1.165, 1.54) is 0 Å². The van der Waals surface area contributed by atoms with Crippen LogP contribution in [-0.4, -0.2) is 49.6 Å².